The molecule has 1 unspecified atom stereocenters. The lowest BCUT2D eigenvalue weighted by Crippen LogP contribution is -2.31. The highest BCUT2D eigenvalue weighted by Gasteiger charge is 2.25. The zero-order valence-corrected chi connectivity index (χ0v) is 16.0. The Bertz CT molecular complexity index is 1070. The number of hydroxylamine groups is 1. The minimum absolute atomic E-state index is 0.169. The highest BCUT2D eigenvalue weighted by atomic mass is 16.5. The molecule has 0 bridgehead atoms. The van der Waals surface area contributed by atoms with Crippen molar-refractivity contribution in [1.29, 1.82) is 0 Å². The van der Waals surface area contributed by atoms with Crippen LogP contribution >= 0.6 is 0 Å². The predicted octanol–water partition coefficient (Wildman–Crippen LogP) is 3.76. The van der Waals surface area contributed by atoms with Gasteiger partial charge in [-0.1, -0.05) is 18.2 Å². The molecule has 1 atom stereocenters. The van der Waals surface area contributed by atoms with Crippen LogP contribution < -0.4 is 15.5 Å². The molecule has 150 valence electrons. The van der Waals surface area contributed by atoms with Crippen LogP contribution in [0.5, 0.6) is 5.75 Å². The van der Waals surface area contributed by atoms with E-state index in [9.17, 15) is 9.59 Å². The Morgan fingerprint density at radius 1 is 1.21 bits per heavy atom. The first-order valence-corrected chi connectivity index (χ1v) is 9.64. The van der Waals surface area contributed by atoms with Crippen LogP contribution in [-0.2, 0) is 6.42 Å². The van der Waals surface area contributed by atoms with Gasteiger partial charge in [0.05, 0.1) is 12.6 Å². The SMILES string of the molecule is CCOc1cccc2cc(C(=O)NC3CCCc4cc(C(=O)NO)ccc43)oc12. The number of hydrogen-bond donors (Lipinski definition) is 3. The van der Waals surface area contributed by atoms with Crippen molar-refractivity contribution in [2.75, 3.05) is 6.61 Å². The summed E-state index contributed by atoms with van der Waals surface area (Å²) in [5, 5.41) is 12.7. The van der Waals surface area contributed by atoms with E-state index in [0.29, 0.717) is 23.5 Å². The Balaban J connectivity index is 1.57. The van der Waals surface area contributed by atoms with Crippen molar-refractivity contribution in [3.05, 3.63) is 64.9 Å². The minimum atomic E-state index is -0.550. The summed E-state index contributed by atoms with van der Waals surface area (Å²) < 4.78 is 11.4. The van der Waals surface area contributed by atoms with Crippen LogP contribution in [0.15, 0.2) is 46.9 Å². The maximum atomic E-state index is 12.8. The molecular weight excluding hydrogens is 372 g/mol. The average Bonchev–Trinajstić information content (AvgIpc) is 3.19. The number of carbonyl (C=O) groups excluding carboxylic acids is 2. The van der Waals surface area contributed by atoms with Crippen LogP contribution in [0.2, 0.25) is 0 Å². The van der Waals surface area contributed by atoms with Crippen molar-refractivity contribution in [3.8, 4) is 5.75 Å². The van der Waals surface area contributed by atoms with E-state index in [1.54, 1.807) is 23.7 Å². The van der Waals surface area contributed by atoms with Crippen LogP contribution in [-0.4, -0.2) is 23.6 Å². The number of benzene rings is 2. The molecule has 0 saturated carbocycles. The first-order chi connectivity index (χ1) is 14.1. The number of carbonyl (C=O) groups is 2. The molecule has 0 spiro atoms. The molecule has 1 aliphatic rings. The molecule has 0 radical (unpaired) electrons. The molecule has 1 aromatic heterocycles. The second kappa shape index (κ2) is 7.97. The standard InChI is InChI=1S/C22H22N2O5/c1-2-28-18-8-4-6-14-12-19(29-20(14)18)22(26)23-17-7-3-5-13-11-15(21(25)24-27)9-10-16(13)17/h4,6,8-12,17,27H,2-3,5,7H2,1H3,(H,23,26)(H,24,25). The van der Waals surface area contributed by atoms with E-state index in [0.717, 1.165) is 35.8 Å². The molecule has 0 saturated heterocycles. The Morgan fingerprint density at radius 2 is 2.07 bits per heavy atom. The summed E-state index contributed by atoms with van der Waals surface area (Å²) in [5.41, 5.74) is 4.56. The Labute approximate surface area is 167 Å². The van der Waals surface area contributed by atoms with E-state index in [4.69, 9.17) is 14.4 Å². The van der Waals surface area contributed by atoms with Gasteiger partial charge >= 0.3 is 0 Å². The molecule has 2 aromatic carbocycles. The van der Waals surface area contributed by atoms with Gasteiger partial charge in [0.25, 0.3) is 11.8 Å². The van der Waals surface area contributed by atoms with Crippen LogP contribution in [0.1, 0.15) is 57.8 Å². The monoisotopic (exact) mass is 394 g/mol. The Kier molecular flexibility index (Phi) is 5.22. The van der Waals surface area contributed by atoms with Crippen LogP contribution in [0.3, 0.4) is 0 Å². The van der Waals surface area contributed by atoms with Crippen molar-refractivity contribution >= 4 is 22.8 Å². The molecule has 3 aromatic rings. The zero-order valence-electron chi connectivity index (χ0n) is 16.0. The largest absolute Gasteiger partial charge is 0.490 e. The first-order valence-electron chi connectivity index (χ1n) is 9.64. The van der Waals surface area contributed by atoms with Crippen LogP contribution in [0.25, 0.3) is 11.0 Å². The molecule has 2 amide bonds. The van der Waals surface area contributed by atoms with E-state index >= 15 is 0 Å². The Morgan fingerprint density at radius 3 is 2.86 bits per heavy atom. The molecule has 3 N–H and O–H groups in total. The maximum absolute atomic E-state index is 12.8. The van der Waals surface area contributed by atoms with Gasteiger partial charge in [-0.05, 0) is 61.6 Å². The first kappa shape index (κ1) is 19.0. The lowest BCUT2D eigenvalue weighted by Gasteiger charge is -2.26. The number of rotatable bonds is 5. The summed E-state index contributed by atoms with van der Waals surface area (Å²) in [6.07, 6.45) is 2.50. The fraction of sp³-hybridized carbons (Fsp3) is 0.273. The molecule has 1 aliphatic carbocycles. The van der Waals surface area contributed by atoms with Gasteiger partial charge in [-0.2, -0.15) is 0 Å². The molecule has 1 heterocycles. The number of furan rings is 1. The van der Waals surface area contributed by atoms with Gasteiger partial charge in [0.1, 0.15) is 0 Å². The van der Waals surface area contributed by atoms with E-state index in [1.165, 1.54) is 0 Å². The fourth-order valence-electron chi connectivity index (χ4n) is 3.82. The number of nitrogens with one attached hydrogen (secondary N) is 2. The quantitative estimate of drug-likeness (QED) is 0.452. The van der Waals surface area contributed by atoms with Gasteiger partial charge in [0.15, 0.2) is 17.1 Å². The summed E-state index contributed by atoms with van der Waals surface area (Å²) in [6, 6.07) is 12.3. The molecule has 7 nitrogen and oxygen atoms in total. The molecular formula is C22H22N2O5. The number of aryl methyl sites for hydroxylation is 1. The fourth-order valence-corrected chi connectivity index (χ4v) is 3.82. The van der Waals surface area contributed by atoms with Crippen molar-refractivity contribution in [2.45, 2.75) is 32.2 Å². The lowest BCUT2D eigenvalue weighted by atomic mass is 9.86. The van der Waals surface area contributed by atoms with Crippen molar-refractivity contribution in [3.63, 3.8) is 0 Å². The van der Waals surface area contributed by atoms with Crippen LogP contribution in [0.4, 0.5) is 0 Å². The minimum Gasteiger partial charge on any atom is -0.490 e. The van der Waals surface area contributed by atoms with Gasteiger partial charge in [-0.25, -0.2) is 5.48 Å². The van der Waals surface area contributed by atoms with Gasteiger partial charge in [-0.15, -0.1) is 0 Å². The molecule has 4 rings (SSSR count). The van der Waals surface area contributed by atoms with Crippen molar-refractivity contribution in [1.82, 2.24) is 10.8 Å². The van der Waals surface area contributed by atoms with Gasteiger partial charge < -0.3 is 14.5 Å². The summed E-state index contributed by atoms with van der Waals surface area (Å²) in [4.78, 5) is 24.5. The third-order valence-corrected chi connectivity index (χ3v) is 5.16. The molecule has 29 heavy (non-hydrogen) atoms. The van der Waals surface area contributed by atoms with E-state index in [-0.39, 0.29) is 17.7 Å². The number of ether oxygens (including phenoxy) is 1. The number of hydrogen-bond acceptors (Lipinski definition) is 5. The summed E-state index contributed by atoms with van der Waals surface area (Å²) in [5.74, 6) is 0.00215. The zero-order chi connectivity index (χ0) is 20.4. The van der Waals surface area contributed by atoms with E-state index in [1.807, 2.05) is 31.2 Å². The summed E-state index contributed by atoms with van der Waals surface area (Å²) >= 11 is 0. The second-order valence-corrected chi connectivity index (χ2v) is 6.99. The van der Waals surface area contributed by atoms with Crippen molar-refractivity contribution < 1.29 is 24.0 Å². The number of para-hydroxylation sites is 1. The number of fused-ring (bicyclic) bond motifs is 2. The van der Waals surface area contributed by atoms with Gasteiger partial charge in [-0.3, -0.25) is 14.8 Å². The van der Waals surface area contributed by atoms with Gasteiger partial charge in [0.2, 0.25) is 0 Å². The van der Waals surface area contributed by atoms with Crippen LogP contribution in [0, 0.1) is 0 Å². The Hall–Kier alpha value is -3.32. The van der Waals surface area contributed by atoms with E-state index < -0.39 is 5.91 Å². The van der Waals surface area contributed by atoms with Crippen molar-refractivity contribution in [2.24, 2.45) is 0 Å². The highest BCUT2D eigenvalue weighted by Crippen LogP contribution is 2.32. The molecule has 0 fully saturated rings. The maximum Gasteiger partial charge on any atom is 0.287 e. The second-order valence-electron chi connectivity index (χ2n) is 6.99. The summed E-state index contributed by atoms with van der Waals surface area (Å²) in [7, 11) is 0. The third-order valence-electron chi connectivity index (χ3n) is 5.16. The van der Waals surface area contributed by atoms with E-state index in [2.05, 4.69) is 5.32 Å². The normalized spacial score (nSPS) is 15.6. The lowest BCUT2D eigenvalue weighted by molar-refractivity contribution is 0.0706. The van der Waals surface area contributed by atoms with Gasteiger partial charge in [0, 0.05) is 10.9 Å². The predicted molar refractivity (Wildman–Crippen MR) is 106 cm³/mol. The summed E-state index contributed by atoms with van der Waals surface area (Å²) in [6.45, 7) is 2.40. The highest BCUT2D eigenvalue weighted by molar-refractivity contribution is 5.97. The molecule has 7 heteroatoms. The smallest absolute Gasteiger partial charge is 0.287 e. The average molecular weight is 394 g/mol. The molecule has 0 aliphatic heterocycles. The number of amides is 2. The topological polar surface area (TPSA) is 101 Å². The third kappa shape index (κ3) is 3.69.